The summed E-state index contributed by atoms with van der Waals surface area (Å²) in [4.78, 5) is 9.69. The minimum Gasteiger partial charge on any atom is -0.432 e. The summed E-state index contributed by atoms with van der Waals surface area (Å²) in [6.45, 7) is 0.819. The molecule has 1 N–H and O–H groups in total. The molecule has 0 spiro atoms. The average molecular weight is 418 g/mol. The van der Waals surface area contributed by atoms with E-state index in [9.17, 15) is 57.5 Å². The Bertz CT molecular complexity index is 439. The lowest BCUT2D eigenvalue weighted by atomic mass is 10.0. The van der Waals surface area contributed by atoms with Crippen LogP contribution in [0.1, 0.15) is 19.3 Å². The molecule has 0 aliphatic rings. The van der Waals surface area contributed by atoms with E-state index < -0.39 is 69.8 Å². The van der Waals surface area contributed by atoms with Crippen molar-refractivity contribution in [3.05, 3.63) is 0 Å². The smallest absolute Gasteiger partial charge is 0.432 e. The van der Waals surface area contributed by atoms with Crippen LogP contribution in [0.25, 0.3) is 0 Å². The maximum absolute atomic E-state index is 13.3. The second-order valence-corrected chi connectivity index (χ2v) is 9.81. The summed E-state index contributed by atoms with van der Waals surface area (Å²) in [5.41, 5.74) is 0. The van der Waals surface area contributed by atoms with Crippen molar-refractivity contribution in [1.29, 1.82) is 0 Å². The molecule has 0 saturated heterocycles. The molecule has 0 heterocycles. The summed E-state index contributed by atoms with van der Waals surface area (Å²) in [5, 5.41) is 0. The van der Waals surface area contributed by atoms with Crippen LogP contribution in [0.15, 0.2) is 0 Å². The van der Waals surface area contributed by atoms with Gasteiger partial charge in [-0.25, -0.2) is 0 Å². The van der Waals surface area contributed by atoms with E-state index in [1.165, 1.54) is 0 Å². The van der Waals surface area contributed by atoms with Crippen molar-refractivity contribution in [2.45, 2.75) is 68.0 Å². The van der Waals surface area contributed by atoms with Gasteiger partial charge in [-0.05, 0) is 25.1 Å². The van der Waals surface area contributed by atoms with Gasteiger partial charge in [-0.2, -0.15) is 52.7 Å². The Hall–Kier alpha value is -0.663. The molecule has 0 aromatic rings. The van der Waals surface area contributed by atoms with Gasteiger partial charge in [0.1, 0.15) is 0 Å². The highest BCUT2D eigenvalue weighted by atomic mass is 28.4. The maximum Gasteiger partial charge on any atom is 0.460 e. The quantitative estimate of drug-likeness (QED) is 0.393. The SMILES string of the molecule is C[Si](O)(CCCC(F)(F)F)CCC(F)(F)C(F)(F)C(F)(F)C(F)(F)F. The molecule has 0 rings (SSSR count). The van der Waals surface area contributed by atoms with E-state index >= 15 is 0 Å². The fraction of sp³-hybridized carbons (Fsp3) is 1.00. The molecule has 0 aromatic heterocycles. The normalized spacial score (nSPS) is 17.5. The lowest BCUT2D eigenvalue weighted by Crippen LogP contribution is -2.61. The molecule has 0 radical (unpaired) electrons. The topological polar surface area (TPSA) is 20.2 Å². The van der Waals surface area contributed by atoms with Gasteiger partial charge in [-0.1, -0.05) is 0 Å². The van der Waals surface area contributed by atoms with Gasteiger partial charge in [0.05, 0.1) is 0 Å². The van der Waals surface area contributed by atoms with E-state index in [1.807, 2.05) is 0 Å². The molecule has 0 fully saturated rings. The van der Waals surface area contributed by atoms with Gasteiger partial charge in [0.15, 0.2) is 8.32 Å². The Kier molecular flexibility index (Phi) is 6.97. The van der Waals surface area contributed by atoms with Crippen LogP contribution in [0.4, 0.5) is 52.7 Å². The Morgan fingerprint density at radius 2 is 1.12 bits per heavy atom. The van der Waals surface area contributed by atoms with Crippen molar-refractivity contribution in [2.24, 2.45) is 0 Å². The van der Waals surface area contributed by atoms with Crippen LogP contribution in [0, 0.1) is 0 Å². The lowest BCUT2D eigenvalue weighted by Gasteiger charge is -2.34. The molecular formula is C11H14F12OSi. The third-order valence-corrected chi connectivity index (χ3v) is 6.12. The number of halogens is 12. The zero-order valence-electron chi connectivity index (χ0n) is 12.5. The van der Waals surface area contributed by atoms with Gasteiger partial charge in [0.2, 0.25) is 0 Å². The van der Waals surface area contributed by atoms with Gasteiger partial charge < -0.3 is 4.80 Å². The molecular weight excluding hydrogens is 404 g/mol. The van der Waals surface area contributed by atoms with E-state index in [1.54, 1.807) is 0 Å². The summed E-state index contributed by atoms with van der Waals surface area (Å²) in [7, 11) is -3.94. The first kappa shape index (κ1) is 24.3. The largest absolute Gasteiger partial charge is 0.460 e. The minimum absolute atomic E-state index is 0.663. The Balaban J connectivity index is 5.01. The first-order chi connectivity index (χ1) is 10.7. The number of hydrogen-bond acceptors (Lipinski definition) is 1. The fourth-order valence-electron chi connectivity index (χ4n) is 1.79. The summed E-state index contributed by atoms with van der Waals surface area (Å²) in [5.74, 6) is -19.6. The molecule has 0 aliphatic heterocycles. The highest BCUT2D eigenvalue weighted by Crippen LogP contribution is 2.54. The maximum atomic E-state index is 13.3. The molecule has 0 saturated carbocycles. The average Bonchev–Trinajstić information content (AvgIpc) is 2.33. The van der Waals surface area contributed by atoms with Crippen LogP contribution in [-0.4, -0.2) is 43.2 Å². The van der Waals surface area contributed by atoms with Crippen molar-refractivity contribution in [3.63, 3.8) is 0 Å². The van der Waals surface area contributed by atoms with Crippen LogP contribution in [0.2, 0.25) is 18.6 Å². The molecule has 14 heteroatoms. The van der Waals surface area contributed by atoms with Crippen molar-refractivity contribution < 1.29 is 57.5 Å². The predicted molar refractivity (Wildman–Crippen MR) is 64.3 cm³/mol. The van der Waals surface area contributed by atoms with Crippen LogP contribution < -0.4 is 0 Å². The van der Waals surface area contributed by atoms with Crippen molar-refractivity contribution in [1.82, 2.24) is 0 Å². The van der Waals surface area contributed by atoms with Crippen LogP contribution in [0.3, 0.4) is 0 Å². The van der Waals surface area contributed by atoms with Gasteiger partial charge in [-0.3, -0.25) is 0 Å². The highest BCUT2D eigenvalue weighted by molar-refractivity contribution is 6.71. The van der Waals surface area contributed by atoms with E-state index in [2.05, 4.69) is 0 Å². The minimum atomic E-state index is -7.02. The Morgan fingerprint density at radius 1 is 0.680 bits per heavy atom. The third-order valence-electron chi connectivity index (χ3n) is 3.36. The van der Waals surface area contributed by atoms with Crippen molar-refractivity contribution in [2.75, 3.05) is 0 Å². The molecule has 0 aliphatic carbocycles. The second-order valence-electron chi connectivity index (χ2n) is 5.82. The third kappa shape index (κ3) is 6.22. The lowest BCUT2D eigenvalue weighted by molar-refractivity contribution is -0.396. The van der Waals surface area contributed by atoms with Crippen LogP contribution >= 0.6 is 0 Å². The number of hydrogen-bond donors (Lipinski definition) is 1. The zero-order chi connectivity index (χ0) is 20.5. The molecule has 25 heavy (non-hydrogen) atoms. The summed E-state index contributed by atoms with van der Waals surface area (Å²) in [6, 6.07) is -1.94. The van der Waals surface area contributed by atoms with Gasteiger partial charge in [0.25, 0.3) is 0 Å². The molecule has 0 amide bonds. The van der Waals surface area contributed by atoms with E-state index in [0.29, 0.717) is 0 Å². The summed E-state index contributed by atoms with van der Waals surface area (Å²) >= 11 is 0. The van der Waals surface area contributed by atoms with E-state index in [4.69, 9.17) is 0 Å². The summed E-state index contributed by atoms with van der Waals surface area (Å²) < 4.78 is 149. The predicted octanol–water partition coefficient (Wildman–Crippen LogP) is 5.75. The Morgan fingerprint density at radius 3 is 1.48 bits per heavy atom. The Labute approximate surface area is 135 Å². The number of rotatable bonds is 8. The van der Waals surface area contributed by atoms with Gasteiger partial charge in [-0.15, -0.1) is 0 Å². The zero-order valence-corrected chi connectivity index (χ0v) is 13.5. The first-order valence-corrected chi connectivity index (χ1v) is 9.52. The van der Waals surface area contributed by atoms with Crippen molar-refractivity contribution in [3.8, 4) is 0 Å². The summed E-state index contributed by atoms with van der Waals surface area (Å²) in [6.07, 6.45) is -15.9. The number of alkyl halides is 12. The standard InChI is InChI=1S/C11H14F12OSi/c1-25(24,5-2-3-8(14,15)16)6-4-7(12,13)9(17,18)10(19,20)11(21,22)23/h24H,2-6H2,1H3. The molecule has 0 bridgehead atoms. The van der Waals surface area contributed by atoms with Crippen LogP contribution in [0.5, 0.6) is 0 Å². The monoisotopic (exact) mass is 418 g/mol. The molecule has 1 unspecified atom stereocenters. The van der Waals surface area contributed by atoms with Crippen molar-refractivity contribution >= 4 is 8.32 Å². The molecule has 1 atom stereocenters. The molecule has 0 aromatic carbocycles. The highest BCUT2D eigenvalue weighted by Gasteiger charge is 2.81. The molecule has 152 valence electrons. The molecule has 1 nitrogen and oxygen atoms in total. The first-order valence-electron chi connectivity index (χ1n) is 6.66. The van der Waals surface area contributed by atoms with E-state index in [-0.39, 0.29) is 0 Å². The van der Waals surface area contributed by atoms with Gasteiger partial charge >= 0.3 is 30.1 Å². The van der Waals surface area contributed by atoms with Crippen LogP contribution in [-0.2, 0) is 0 Å². The second kappa shape index (κ2) is 7.16. The fourth-order valence-corrected chi connectivity index (χ4v) is 3.83. The van der Waals surface area contributed by atoms with E-state index in [0.717, 1.165) is 6.55 Å². The van der Waals surface area contributed by atoms with Gasteiger partial charge in [0, 0.05) is 12.8 Å².